The number of aryl methyl sites for hydroxylation is 1. The van der Waals surface area contributed by atoms with Gasteiger partial charge in [0.2, 0.25) is 0 Å². The Balaban J connectivity index is 2.03. The van der Waals surface area contributed by atoms with E-state index < -0.39 is 23.9 Å². The lowest BCUT2D eigenvalue weighted by atomic mass is 9.77. The number of pyridine rings is 1. The lowest BCUT2D eigenvalue weighted by Gasteiger charge is -2.37. The summed E-state index contributed by atoms with van der Waals surface area (Å²) < 4.78 is 47.0. The molecule has 1 heterocycles. The van der Waals surface area contributed by atoms with E-state index in [0.717, 1.165) is 6.07 Å². The van der Waals surface area contributed by atoms with Gasteiger partial charge in [-0.3, -0.25) is 4.98 Å². The number of benzene rings is 2. The first kappa shape index (κ1) is 23.6. The van der Waals surface area contributed by atoms with Crippen LogP contribution in [0.4, 0.5) is 18.0 Å². The van der Waals surface area contributed by atoms with E-state index >= 15 is 0 Å². The Bertz CT molecular complexity index is 1150. The number of rotatable bonds is 5. The summed E-state index contributed by atoms with van der Waals surface area (Å²) in [5, 5.41) is 19.7. The second-order valence-electron chi connectivity index (χ2n) is 7.30. The first-order chi connectivity index (χ1) is 14.9. The summed E-state index contributed by atoms with van der Waals surface area (Å²) in [4.78, 5) is 14.6. The second-order valence-corrected chi connectivity index (χ2v) is 7.71. The van der Waals surface area contributed by atoms with Crippen molar-refractivity contribution in [1.29, 1.82) is 0 Å². The molecule has 0 fully saturated rings. The van der Waals surface area contributed by atoms with Crippen LogP contribution in [0, 0.1) is 6.92 Å². The molecule has 2 N–H and O–H groups in total. The molecule has 0 saturated carbocycles. The predicted octanol–water partition coefficient (Wildman–Crippen LogP) is 6.32. The molecule has 0 spiro atoms. The second kappa shape index (κ2) is 8.80. The molecular weight excluding hydrogens is 447 g/mol. The van der Waals surface area contributed by atoms with Crippen LogP contribution in [0.15, 0.2) is 60.8 Å². The van der Waals surface area contributed by atoms with Gasteiger partial charge in [0.05, 0.1) is 0 Å². The maximum atomic E-state index is 14.1. The third-order valence-electron chi connectivity index (χ3n) is 5.24. The van der Waals surface area contributed by atoms with Crippen molar-refractivity contribution in [1.82, 2.24) is 4.98 Å². The van der Waals surface area contributed by atoms with Crippen LogP contribution in [-0.4, -0.2) is 27.5 Å². The van der Waals surface area contributed by atoms with E-state index in [9.17, 15) is 23.1 Å². The van der Waals surface area contributed by atoms with Crippen LogP contribution >= 0.6 is 11.6 Å². The summed E-state index contributed by atoms with van der Waals surface area (Å²) in [7, 11) is 0. The van der Waals surface area contributed by atoms with Crippen molar-refractivity contribution >= 4 is 17.8 Å². The van der Waals surface area contributed by atoms with Crippen molar-refractivity contribution in [3.8, 4) is 16.9 Å². The molecule has 0 aliphatic rings. The molecule has 2 unspecified atom stereocenters. The minimum Gasteiger partial charge on any atom is -0.449 e. The number of nitrogens with zero attached hydrogens (tertiary/aromatic N) is 1. The maximum absolute atomic E-state index is 14.1. The molecule has 2 atom stereocenters. The molecule has 1 aromatic heterocycles. The summed E-state index contributed by atoms with van der Waals surface area (Å²) in [5.41, 5.74) is -1.99. The number of carbonyl (C=O) groups is 1. The van der Waals surface area contributed by atoms with E-state index in [0.29, 0.717) is 16.8 Å². The standard InChI is InChI=1S/C23H19ClF3NO4/c1-13-10-17(8-9-28-13)22(31,23(25,26)27)14(2)19-7-6-16(12-20(19)24)15-4-3-5-18(11-15)32-21(29)30/h3-12,14,31H,1-2H3,(H,29,30). The normalized spacial score (nSPS) is 14.5. The van der Waals surface area contributed by atoms with Crippen LogP contribution in [0.2, 0.25) is 5.02 Å². The van der Waals surface area contributed by atoms with Crippen LogP contribution in [0.25, 0.3) is 11.1 Å². The molecule has 0 aliphatic heterocycles. The molecule has 0 aliphatic carbocycles. The summed E-state index contributed by atoms with van der Waals surface area (Å²) in [6, 6.07) is 12.9. The van der Waals surface area contributed by atoms with Gasteiger partial charge in [0.1, 0.15) is 5.75 Å². The number of halogens is 4. The summed E-state index contributed by atoms with van der Waals surface area (Å²) in [5.74, 6) is -1.35. The highest BCUT2D eigenvalue weighted by molar-refractivity contribution is 6.31. The van der Waals surface area contributed by atoms with Crippen LogP contribution < -0.4 is 4.74 Å². The Morgan fingerprint density at radius 3 is 2.38 bits per heavy atom. The van der Waals surface area contributed by atoms with Gasteiger partial charge in [0.25, 0.3) is 0 Å². The van der Waals surface area contributed by atoms with Crippen molar-refractivity contribution in [3.05, 3.63) is 82.6 Å². The zero-order valence-corrected chi connectivity index (χ0v) is 17.8. The Kier molecular flexibility index (Phi) is 6.48. The molecule has 0 saturated heterocycles. The van der Waals surface area contributed by atoms with Gasteiger partial charge in [-0.2, -0.15) is 13.2 Å². The number of hydrogen-bond donors (Lipinski definition) is 2. The molecule has 2 aromatic carbocycles. The lowest BCUT2D eigenvalue weighted by Crippen LogP contribution is -2.46. The zero-order chi connectivity index (χ0) is 23.7. The maximum Gasteiger partial charge on any atom is 0.511 e. The van der Waals surface area contributed by atoms with E-state index in [-0.39, 0.29) is 21.9 Å². The average molecular weight is 466 g/mol. The molecule has 0 bridgehead atoms. The van der Waals surface area contributed by atoms with Crippen LogP contribution in [0.3, 0.4) is 0 Å². The number of ether oxygens (including phenoxy) is 1. The Morgan fingerprint density at radius 1 is 1.09 bits per heavy atom. The fourth-order valence-electron chi connectivity index (χ4n) is 3.56. The predicted molar refractivity (Wildman–Crippen MR) is 113 cm³/mol. The SMILES string of the molecule is Cc1cc(C(O)(C(C)c2ccc(-c3cccc(OC(=O)O)c3)cc2Cl)C(F)(F)F)ccn1. The minimum atomic E-state index is -4.98. The van der Waals surface area contributed by atoms with Crippen LogP contribution in [0.1, 0.15) is 29.7 Å². The van der Waals surface area contributed by atoms with E-state index in [1.54, 1.807) is 18.2 Å². The van der Waals surface area contributed by atoms with Gasteiger partial charge >= 0.3 is 12.3 Å². The number of aliphatic hydroxyl groups is 1. The Labute approximate surface area is 187 Å². The van der Waals surface area contributed by atoms with Crippen molar-refractivity contribution in [2.75, 3.05) is 0 Å². The van der Waals surface area contributed by atoms with Crippen molar-refractivity contribution < 1.29 is 32.9 Å². The largest absolute Gasteiger partial charge is 0.511 e. The van der Waals surface area contributed by atoms with E-state index in [1.807, 2.05) is 0 Å². The number of aromatic nitrogens is 1. The molecule has 32 heavy (non-hydrogen) atoms. The topological polar surface area (TPSA) is 79.7 Å². The van der Waals surface area contributed by atoms with E-state index in [1.165, 1.54) is 50.4 Å². The van der Waals surface area contributed by atoms with Crippen molar-refractivity contribution in [2.24, 2.45) is 0 Å². The van der Waals surface area contributed by atoms with Gasteiger partial charge in [-0.15, -0.1) is 0 Å². The minimum absolute atomic E-state index is 0.0213. The fourth-order valence-corrected chi connectivity index (χ4v) is 3.91. The monoisotopic (exact) mass is 465 g/mol. The van der Waals surface area contributed by atoms with Gasteiger partial charge in [-0.05, 0) is 59.5 Å². The van der Waals surface area contributed by atoms with Crippen molar-refractivity contribution in [3.63, 3.8) is 0 Å². The summed E-state index contributed by atoms with van der Waals surface area (Å²) >= 11 is 6.36. The first-order valence-electron chi connectivity index (χ1n) is 9.46. The molecule has 9 heteroatoms. The highest BCUT2D eigenvalue weighted by Gasteiger charge is 2.59. The van der Waals surface area contributed by atoms with Crippen LogP contribution in [-0.2, 0) is 5.60 Å². The average Bonchev–Trinajstić information content (AvgIpc) is 2.71. The Hall–Kier alpha value is -3.10. The van der Waals surface area contributed by atoms with E-state index in [4.69, 9.17) is 16.7 Å². The first-order valence-corrected chi connectivity index (χ1v) is 9.84. The molecule has 168 valence electrons. The number of alkyl halides is 3. The molecule has 5 nitrogen and oxygen atoms in total. The number of hydrogen-bond acceptors (Lipinski definition) is 4. The summed E-state index contributed by atoms with van der Waals surface area (Å²) in [6.45, 7) is 2.79. The fraction of sp³-hybridized carbons (Fsp3) is 0.217. The number of carboxylic acid groups (broad SMARTS) is 1. The third-order valence-corrected chi connectivity index (χ3v) is 5.56. The quantitative estimate of drug-likeness (QED) is 0.340. The van der Waals surface area contributed by atoms with Crippen LogP contribution in [0.5, 0.6) is 5.75 Å². The molecule has 0 amide bonds. The zero-order valence-electron chi connectivity index (χ0n) is 17.0. The molecule has 3 rings (SSSR count). The van der Waals surface area contributed by atoms with Gasteiger partial charge in [-0.1, -0.05) is 42.8 Å². The smallest absolute Gasteiger partial charge is 0.449 e. The Morgan fingerprint density at radius 2 is 1.78 bits per heavy atom. The van der Waals surface area contributed by atoms with E-state index in [2.05, 4.69) is 9.72 Å². The van der Waals surface area contributed by atoms with Gasteiger partial charge in [0.15, 0.2) is 5.60 Å². The molecule has 3 aromatic rings. The highest BCUT2D eigenvalue weighted by Crippen LogP contribution is 2.50. The van der Waals surface area contributed by atoms with Crippen molar-refractivity contribution in [2.45, 2.75) is 31.5 Å². The lowest BCUT2D eigenvalue weighted by molar-refractivity contribution is -0.274. The van der Waals surface area contributed by atoms with Gasteiger partial charge in [-0.25, -0.2) is 4.79 Å². The third kappa shape index (κ3) is 4.56. The molecule has 0 radical (unpaired) electrons. The highest BCUT2D eigenvalue weighted by atomic mass is 35.5. The van der Waals surface area contributed by atoms with Gasteiger partial charge < -0.3 is 14.9 Å². The summed E-state index contributed by atoms with van der Waals surface area (Å²) in [6.07, 6.45) is -5.24. The molecular formula is C23H19ClF3NO4. The van der Waals surface area contributed by atoms with Gasteiger partial charge in [0, 0.05) is 22.8 Å².